The number of methoxy groups -OCH3 is 1. The third kappa shape index (κ3) is 14.1. The van der Waals surface area contributed by atoms with Gasteiger partial charge in [-0.15, -0.1) is 0 Å². The van der Waals surface area contributed by atoms with Gasteiger partial charge in [0.15, 0.2) is 18.7 Å². The molecule has 0 saturated carbocycles. The van der Waals surface area contributed by atoms with E-state index < -0.39 is 73.4 Å². The van der Waals surface area contributed by atoms with Gasteiger partial charge in [0.25, 0.3) is 0 Å². The van der Waals surface area contributed by atoms with Gasteiger partial charge in [0, 0.05) is 21.0 Å². The van der Waals surface area contributed by atoms with Crippen molar-refractivity contribution in [1.82, 2.24) is 0 Å². The predicted molar refractivity (Wildman–Crippen MR) is 238 cm³/mol. The molecule has 13 heteroatoms. The fourth-order valence-electron chi connectivity index (χ4n) is 7.84. The topological polar surface area (TPSA) is 136 Å². The second-order valence-corrected chi connectivity index (χ2v) is 15.8. The van der Waals surface area contributed by atoms with Crippen molar-refractivity contribution in [3.63, 3.8) is 0 Å². The molecule has 0 aromatic heterocycles. The molecule has 2 aliphatic heterocycles. The van der Waals surface area contributed by atoms with Crippen molar-refractivity contribution in [1.29, 1.82) is 0 Å². The molecule has 0 N–H and O–H groups in total. The van der Waals surface area contributed by atoms with Crippen LogP contribution >= 0.6 is 0 Å². The lowest BCUT2D eigenvalue weighted by Crippen LogP contribution is -2.64. The minimum atomic E-state index is -1.16. The monoisotopic (exact) mass is 890 g/mol. The average molecular weight is 891 g/mol. The molecule has 13 nitrogen and oxygen atoms in total. The zero-order chi connectivity index (χ0) is 45.2. The van der Waals surface area contributed by atoms with Crippen LogP contribution in [0.25, 0.3) is 0 Å². The van der Waals surface area contributed by atoms with E-state index in [1.807, 2.05) is 152 Å². The molecule has 2 fully saturated rings. The van der Waals surface area contributed by atoms with Crippen molar-refractivity contribution in [3.8, 4) is 0 Å². The van der Waals surface area contributed by atoms with E-state index in [2.05, 4.69) is 0 Å². The van der Waals surface area contributed by atoms with Crippen LogP contribution in [0.4, 0.5) is 0 Å². The molecule has 0 spiro atoms. The first-order chi connectivity index (χ1) is 31.8. The van der Waals surface area contributed by atoms with Crippen LogP contribution in [0.2, 0.25) is 0 Å². The average Bonchev–Trinajstić information content (AvgIpc) is 3.34. The lowest BCUT2D eigenvalue weighted by atomic mass is 9.97. The Labute approximate surface area is 380 Å². The molecule has 344 valence electrons. The first-order valence-electron chi connectivity index (χ1n) is 21.9. The number of benzene rings is 5. The molecule has 2 saturated heterocycles. The van der Waals surface area contributed by atoms with Crippen molar-refractivity contribution in [2.45, 2.75) is 108 Å². The second kappa shape index (κ2) is 24.8. The molecule has 5 aromatic rings. The van der Waals surface area contributed by atoms with Crippen molar-refractivity contribution < 1.29 is 61.7 Å². The van der Waals surface area contributed by atoms with E-state index in [-0.39, 0.29) is 46.2 Å². The van der Waals surface area contributed by atoms with Gasteiger partial charge in [0.05, 0.1) is 39.6 Å². The molecule has 0 aliphatic carbocycles. The Hall–Kier alpha value is -5.32. The van der Waals surface area contributed by atoms with Crippen LogP contribution in [0.15, 0.2) is 152 Å². The van der Waals surface area contributed by atoms with Gasteiger partial charge >= 0.3 is 11.9 Å². The maximum atomic E-state index is 12.7. The molecular weight excluding hydrogens is 833 g/mol. The molecule has 2 heterocycles. The van der Waals surface area contributed by atoms with Gasteiger partial charge in [-0.25, -0.2) is 0 Å². The van der Waals surface area contributed by atoms with Gasteiger partial charge in [0.1, 0.15) is 49.3 Å². The van der Waals surface area contributed by atoms with Gasteiger partial charge in [-0.1, -0.05) is 152 Å². The van der Waals surface area contributed by atoms with E-state index in [1.54, 1.807) is 7.11 Å². The maximum Gasteiger partial charge on any atom is 0.303 e. The lowest BCUT2D eigenvalue weighted by molar-refractivity contribution is -0.348. The predicted octanol–water partition coefficient (Wildman–Crippen LogP) is 7.52. The van der Waals surface area contributed by atoms with E-state index in [1.165, 1.54) is 13.8 Å². The molecular formula is C52H58O13. The Morgan fingerprint density at radius 3 is 1.12 bits per heavy atom. The van der Waals surface area contributed by atoms with E-state index in [0.29, 0.717) is 0 Å². The molecule has 0 radical (unpaired) electrons. The van der Waals surface area contributed by atoms with Crippen molar-refractivity contribution in [2.75, 3.05) is 20.3 Å². The normalized spacial score (nSPS) is 25.4. The van der Waals surface area contributed by atoms with Gasteiger partial charge in [0.2, 0.25) is 0 Å². The maximum absolute atomic E-state index is 12.7. The number of hydrogen-bond donors (Lipinski definition) is 0. The molecule has 7 rings (SSSR count). The molecule has 2 aliphatic rings. The molecule has 5 aromatic carbocycles. The van der Waals surface area contributed by atoms with Crippen LogP contribution in [0, 0.1) is 0 Å². The van der Waals surface area contributed by atoms with E-state index >= 15 is 0 Å². The van der Waals surface area contributed by atoms with Crippen LogP contribution < -0.4 is 0 Å². The zero-order valence-electron chi connectivity index (χ0n) is 37.0. The van der Waals surface area contributed by atoms with Gasteiger partial charge < -0.3 is 52.1 Å². The molecule has 0 amide bonds. The highest BCUT2D eigenvalue weighted by molar-refractivity contribution is 5.66. The first kappa shape index (κ1) is 47.6. The summed E-state index contributed by atoms with van der Waals surface area (Å²) in [7, 11) is 1.56. The van der Waals surface area contributed by atoms with E-state index in [9.17, 15) is 9.59 Å². The molecule has 10 atom stereocenters. The summed E-state index contributed by atoms with van der Waals surface area (Å²) in [5, 5.41) is 0. The van der Waals surface area contributed by atoms with Gasteiger partial charge in [-0.3, -0.25) is 9.59 Å². The Balaban J connectivity index is 1.22. The largest absolute Gasteiger partial charge is 0.463 e. The summed E-state index contributed by atoms with van der Waals surface area (Å²) in [5.74, 6) is -1.12. The number of ether oxygens (including phenoxy) is 11. The number of esters is 2. The summed E-state index contributed by atoms with van der Waals surface area (Å²) < 4.78 is 71.1. The van der Waals surface area contributed by atoms with Crippen LogP contribution in [-0.2, 0) is 94.7 Å². The quantitative estimate of drug-likeness (QED) is 0.0635. The summed E-state index contributed by atoms with van der Waals surface area (Å²) in [6.45, 7) is 3.25. The Kier molecular flexibility index (Phi) is 18.2. The Morgan fingerprint density at radius 2 is 0.738 bits per heavy atom. The van der Waals surface area contributed by atoms with Gasteiger partial charge in [-0.2, -0.15) is 0 Å². The van der Waals surface area contributed by atoms with Crippen molar-refractivity contribution in [3.05, 3.63) is 179 Å². The summed E-state index contributed by atoms with van der Waals surface area (Å²) in [5.41, 5.74) is 4.62. The van der Waals surface area contributed by atoms with Crippen molar-refractivity contribution in [2.24, 2.45) is 0 Å². The standard InChI is InChI=1S/C52H58O13/c1-36(53)56-34-44-46(63-37(2)54)48(59-31-40-23-13-6-14-24-40)50(61-33-42-27-17-8-18-28-42)52(65-44)62-35-43-45(57-29-38-19-9-4-10-20-38)47(58-30-39-21-11-5-12-22-39)49(51(55-3)64-43)60-32-41-25-15-7-16-26-41/h4-28,43-52H,29-35H2,1-3H3/t43-,44-,45-,46-,47+,48+,49-,50-,51+,52-/m1/s1. The van der Waals surface area contributed by atoms with E-state index in [0.717, 1.165) is 27.8 Å². The first-order valence-corrected chi connectivity index (χ1v) is 21.9. The summed E-state index contributed by atoms with van der Waals surface area (Å²) in [6, 6.07) is 48.8. The highest BCUT2D eigenvalue weighted by Gasteiger charge is 2.53. The highest BCUT2D eigenvalue weighted by atomic mass is 16.8. The minimum Gasteiger partial charge on any atom is -0.463 e. The summed E-state index contributed by atoms with van der Waals surface area (Å²) in [4.78, 5) is 24.9. The summed E-state index contributed by atoms with van der Waals surface area (Å²) in [6.07, 6.45) is -9.11. The minimum absolute atomic E-state index is 0.115. The van der Waals surface area contributed by atoms with Crippen LogP contribution in [0.1, 0.15) is 41.7 Å². The smallest absolute Gasteiger partial charge is 0.303 e. The fourth-order valence-corrected chi connectivity index (χ4v) is 7.84. The van der Waals surface area contributed by atoms with E-state index in [4.69, 9.17) is 52.1 Å². The fraction of sp³-hybridized carbons (Fsp3) is 0.385. The number of hydrogen-bond acceptors (Lipinski definition) is 13. The van der Waals surface area contributed by atoms with Crippen LogP contribution in [0.5, 0.6) is 0 Å². The van der Waals surface area contributed by atoms with Gasteiger partial charge in [-0.05, 0) is 27.8 Å². The van der Waals surface area contributed by atoms with Crippen LogP contribution in [0.3, 0.4) is 0 Å². The number of carbonyl (C=O) groups excluding carboxylic acids is 2. The number of carbonyl (C=O) groups is 2. The summed E-state index contributed by atoms with van der Waals surface area (Å²) >= 11 is 0. The van der Waals surface area contributed by atoms with Crippen molar-refractivity contribution >= 4 is 11.9 Å². The Bertz CT molecular complexity index is 2130. The molecule has 0 bridgehead atoms. The molecule has 0 unspecified atom stereocenters. The number of rotatable bonds is 22. The Morgan fingerprint density at radius 1 is 0.400 bits per heavy atom. The molecule has 65 heavy (non-hydrogen) atoms. The highest BCUT2D eigenvalue weighted by Crippen LogP contribution is 2.34. The third-order valence-corrected chi connectivity index (χ3v) is 11.0. The van der Waals surface area contributed by atoms with Crippen LogP contribution in [-0.4, -0.2) is 93.7 Å². The SMILES string of the molecule is CO[C@H]1O[C@H](CO[C@@H]2O[C@H](COC(C)=O)[C@@H](OC(C)=O)[C@H](OCc3ccccc3)[C@H]2OCc2ccccc2)[C@@H](OCc2ccccc2)[C@H](OCc2ccccc2)[C@H]1OCc1ccccc1. The second-order valence-electron chi connectivity index (χ2n) is 15.8. The zero-order valence-corrected chi connectivity index (χ0v) is 37.0. The third-order valence-electron chi connectivity index (χ3n) is 11.0. The lowest BCUT2D eigenvalue weighted by Gasteiger charge is -2.47.